The Bertz CT molecular complexity index is 460. The van der Waals surface area contributed by atoms with Gasteiger partial charge in [0.05, 0.1) is 10.0 Å². The first-order chi connectivity index (χ1) is 8.09. The first kappa shape index (κ1) is 11.8. The number of rotatable bonds is 2. The van der Waals surface area contributed by atoms with Crippen LogP contribution in [-0.2, 0) is 5.41 Å². The van der Waals surface area contributed by atoms with Crippen LogP contribution in [0.5, 0.6) is 0 Å². The predicted molar refractivity (Wildman–Crippen MR) is 72.9 cm³/mol. The zero-order chi connectivity index (χ0) is 12.2. The van der Waals surface area contributed by atoms with Gasteiger partial charge in [0.1, 0.15) is 0 Å². The van der Waals surface area contributed by atoms with Crippen molar-refractivity contribution in [1.29, 1.82) is 0 Å². The molecule has 1 saturated carbocycles. The molecule has 1 aromatic carbocycles. The number of likely N-dealkylation sites (tertiary alicyclic amines) is 1. The Kier molecular flexibility index (Phi) is 2.70. The molecule has 2 fully saturated rings. The molecule has 3 heteroatoms. The summed E-state index contributed by atoms with van der Waals surface area (Å²) in [5.74, 6) is 1.59. The van der Waals surface area contributed by atoms with Crippen molar-refractivity contribution in [3.63, 3.8) is 0 Å². The summed E-state index contributed by atoms with van der Waals surface area (Å²) < 4.78 is 0. The lowest BCUT2D eigenvalue weighted by Crippen LogP contribution is -2.28. The average Bonchev–Trinajstić information content (AvgIpc) is 2.75. The zero-order valence-corrected chi connectivity index (χ0v) is 11.7. The Morgan fingerprint density at radius 1 is 1.35 bits per heavy atom. The SMILES string of the molecule is CCN1C[C@@H]2[C@@H](C)C2(c2ccc(Cl)c(Cl)c2)C1. The van der Waals surface area contributed by atoms with Crippen molar-refractivity contribution in [2.45, 2.75) is 19.3 Å². The van der Waals surface area contributed by atoms with Crippen molar-refractivity contribution in [3.8, 4) is 0 Å². The Labute approximate surface area is 113 Å². The Balaban J connectivity index is 1.96. The molecule has 0 amide bonds. The number of likely N-dealkylation sites (N-methyl/N-ethyl adjacent to an activating group) is 1. The molecule has 0 spiro atoms. The number of fused-ring (bicyclic) bond motifs is 1. The minimum atomic E-state index is 0.351. The summed E-state index contributed by atoms with van der Waals surface area (Å²) in [4.78, 5) is 2.53. The van der Waals surface area contributed by atoms with E-state index in [4.69, 9.17) is 23.2 Å². The molecule has 1 heterocycles. The van der Waals surface area contributed by atoms with E-state index in [0.29, 0.717) is 15.5 Å². The molecule has 0 radical (unpaired) electrons. The number of benzene rings is 1. The lowest BCUT2D eigenvalue weighted by molar-refractivity contribution is 0.295. The third kappa shape index (κ3) is 1.56. The quantitative estimate of drug-likeness (QED) is 0.789. The van der Waals surface area contributed by atoms with Crippen molar-refractivity contribution in [3.05, 3.63) is 33.8 Å². The summed E-state index contributed by atoms with van der Waals surface area (Å²) in [5.41, 5.74) is 1.73. The molecular weight excluding hydrogens is 253 g/mol. The summed E-state index contributed by atoms with van der Waals surface area (Å²) in [5, 5.41) is 1.34. The highest BCUT2D eigenvalue weighted by molar-refractivity contribution is 6.42. The molecule has 0 bridgehead atoms. The minimum absolute atomic E-state index is 0.351. The second-order valence-corrected chi connectivity index (χ2v) is 6.21. The molecule has 3 atom stereocenters. The highest BCUT2D eigenvalue weighted by Crippen LogP contribution is 2.64. The maximum atomic E-state index is 6.15. The van der Waals surface area contributed by atoms with Crippen LogP contribution < -0.4 is 0 Å². The molecule has 92 valence electrons. The monoisotopic (exact) mass is 269 g/mol. The van der Waals surface area contributed by atoms with Crippen molar-refractivity contribution in [2.24, 2.45) is 11.8 Å². The van der Waals surface area contributed by atoms with Gasteiger partial charge in [-0.25, -0.2) is 0 Å². The van der Waals surface area contributed by atoms with Crippen molar-refractivity contribution < 1.29 is 0 Å². The normalized spacial score (nSPS) is 36.0. The standard InChI is InChI=1S/C14H17Cl2N/c1-3-17-7-11-9(2)14(11,8-17)10-4-5-12(15)13(16)6-10/h4-6,9,11H,3,7-8H2,1-2H3/t9-,11-,14?/m1/s1. The van der Waals surface area contributed by atoms with Crippen LogP contribution in [-0.4, -0.2) is 24.5 Å². The smallest absolute Gasteiger partial charge is 0.0595 e. The largest absolute Gasteiger partial charge is 0.302 e. The summed E-state index contributed by atoms with van der Waals surface area (Å²) >= 11 is 12.1. The molecule has 2 aliphatic rings. The maximum absolute atomic E-state index is 6.15. The van der Waals surface area contributed by atoms with Crippen LogP contribution in [0.25, 0.3) is 0 Å². The molecule has 3 rings (SSSR count). The van der Waals surface area contributed by atoms with Gasteiger partial charge in [-0.2, -0.15) is 0 Å². The number of hydrogen-bond donors (Lipinski definition) is 0. The van der Waals surface area contributed by atoms with Crippen LogP contribution in [0, 0.1) is 11.8 Å². The van der Waals surface area contributed by atoms with Gasteiger partial charge in [0.2, 0.25) is 0 Å². The highest BCUT2D eigenvalue weighted by atomic mass is 35.5. The molecule has 1 aliphatic heterocycles. The van der Waals surface area contributed by atoms with E-state index in [-0.39, 0.29) is 0 Å². The number of hydrogen-bond acceptors (Lipinski definition) is 1. The second-order valence-electron chi connectivity index (χ2n) is 5.39. The van der Waals surface area contributed by atoms with E-state index < -0.39 is 0 Å². The molecule has 0 aromatic heterocycles. The van der Waals surface area contributed by atoms with Gasteiger partial charge in [0.15, 0.2) is 0 Å². The van der Waals surface area contributed by atoms with Crippen molar-refractivity contribution >= 4 is 23.2 Å². The van der Waals surface area contributed by atoms with E-state index in [1.165, 1.54) is 18.7 Å². The van der Waals surface area contributed by atoms with E-state index in [0.717, 1.165) is 18.4 Å². The third-order valence-electron chi connectivity index (χ3n) is 4.81. The fourth-order valence-electron chi connectivity index (χ4n) is 3.62. The Hall–Kier alpha value is -0.240. The fraction of sp³-hybridized carbons (Fsp3) is 0.571. The number of nitrogens with zero attached hydrogens (tertiary/aromatic N) is 1. The van der Waals surface area contributed by atoms with E-state index in [1.807, 2.05) is 6.07 Å². The first-order valence-corrected chi connectivity index (χ1v) is 7.03. The van der Waals surface area contributed by atoms with E-state index in [9.17, 15) is 0 Å². The minimum Gasteiger partial charge on any atom is -0.302 e. The molecule has 1 unspecified atom stereocenters. The average molecular weight is 270 g/mol. The van der Waals surface area contributed by atoms with Crippen molar-refractivity contribution in [2.75, 3.05) is 19.6 Å². The summed E-state index contributed by atoms with van der Waals surface area (Å²) in [6, 6.07) is 6.16. The molecule has 1 aromatic rings. The molecule has 1 saturated heterocycles. The summed E-state index contributed by atoms with van der Waals surface area (Å²) in [6.07, 6.45) is 0. The molecular formula is C14H17Cl2N. The Morgan fingerprint density at radius 2 is 2.12 bits per heavy atom. The topological polar surface area (TPSA) is 3.24 Å². The van der Waals surface area contributed by atoms with Crippen LogP contribution in [0.1, 0.15) is 19.4 Å². The second kappa shape index (κ2) is 3.88. The van der Waals surface area contributed by atoms with Gasteiger partial charge in [0, 0.05) is 18.5 Å². The predicted octanol–water partition coefficient (Wildman–Crippen LogP) is 3.83. The fourth-order valence-corrected chi connectivity index (χ4v) is 3.91. The molecule has 1 aliphatic carbocycles. The molecule has 0 N–H and O–H groups in total. The van der Waals surface area contributed by atoms with Gasteiger partial charge in [0.25, 0.3) is 0 Å². The van der Waals surface area contributed by atoms with Crippen molar-refractivity contribution in [1.82, 2.24) is 4.90 Å². The third-order valence-corrected chi connectivity index (χ3v) is 5.55. The highest BCUT2D eigenvalue weighted by Gasteiger charge is 2.66. The Morgan fingerprint density at radius 3 is 2.76 bits per heavy atom. The zero-order valence-electron chi connectivity index (χ0n) is 10.2. The van der Waals surface area contributed by atoms with Crippen LogP contribution >= 0.6 is 23.2 Å². The van der Waals surface area contributed by atoms with Gasteiger partial charge < -0.3 is 4.90 Å². The van der Waals surface area contributed by atoms with Gasteiger partial charge in [-0.1, -0.05) is 43.1 Å². The van der Waals surface area contributed by atoms with E-state index >= 15 is 0 Å². The molecule has 17 heavy (non-hydrogen) atoms. The summed E-state index contributed by atoms with van der Waals surface area (Å²) in [7, 11) is 0. The van der Waals surface area contributed by atoms with Crippen LogP contribution in [0.15, 0.2) is 18.2 Å². The molecule has 1 nitrogen and oxygen atoms in total. The van der Waals surface area contributed by atoms with Crippen LogP contribution in [0.4, 0.5) is 0 Å². The van der Waals surface area contributed by atoms with Gasteiger partial charge in [-0.05, 0) is 36.1 Å². The van der Waals surface area contributed by atoms with E-state index in [2.05, 4.69) is 30.9 Å². The van der Waals surface area contributed by atoms with E-state index in [1.54, 1.807) is 0 Å². The van der Waals surface area contributed by atoms with Gasteiger partial charge in [-0.15, -0.1) is 0 Å². The lowest BCUT2D eigenvalue weighted by atomic mass is 9.93. The first-order valence-electron chi connectivity index (χ1n) is 6.27. The van der Waals surface area contributed by atoms with Gasteiger partial charge in [-0.3, -0.25) is 0 Å². The lowest BCUT2D eigenvalue weighted by Gasteiger charge is -2.21. The maximum Gasteiger partial charge on any atom is 0.0595 e. The number of piperidine rings is 1. The van der Waals surface area contributed by atoms with Crippen LogP contribution in [0.3, 0.4) is 0 Å². The van der Waals surface area contributed by atoms with Gasteiger partial charge >= 0.3 is 0 Å². The van der Waals surface area contributed by atoms with Crippen LogP contribution in [0.2, 0.25) is 10.0 Å². The summed E-state index contributed by atoms with van der Waals surface area (Å²) in [6.45, 7) is 8.15. The number of halogens is 2.